The molecule has 1 aliphatic heterocycles. The molecule has 7 heteroatoms. The minimum absolute atomic E-state index is 0. The van der Waals surface area contributed by atoms with Crippen molar-refractivity contribution in [2.75, 3.05) is 13.1 Å². The second-order valence-corrected chi connectivity index (χ2v) is 4.81. The van der Waals surface area contributed by atoms with Gasteiger partial charge in [0.2, 0.25) is 0 Å². The van der Waals surface area contributed by atoms with E-state index in [1.54, 1.807) is 18.2 Å². The summed E-state index contributed by atoms with van der Waals surface area (Å²) in [6.07, 6.45) is 0.598. The lowest BCUT2D eigenvalue weighted by atomic mass is 10.0. The number of likely N-dealkylation sites (tertiary alicyclic amines) is 1. The van der Waals surface area contributed by atoms with Gasteiger partial charge in [0, 0.05) is 24.2 Å². The van der Waals surface area contributed by atoms with Crippen LogP contribution >= 0.6 is 12.4 Å². The standard InChI is InChI=1S/C13H16N2O4.ClH/c1-9(14-7-6-10(8-14)13(16)17)11-4-2-3-5-12(11)15(18)19;/h2-5,9-10H,6-8H2,1H3,(H,16,17);1H. The molecule has 1 heterocycles. The monoisotopic (exact) mass is 300 g/mol. The number of nitrogens with zero attached hydrogens (tertiary/aromatic N) is 2. The average Bonchev–Trinajstić information content (AvgIpc) is 2.87. The summed E-state index contributed by atoms with van der Waals surface area (Å²) >= 11 is 0. The normalized spacial score (nSPS) is 20.1. The zero-order valence-electron chi connectivity index (χ0n) is 11.1. The van der Waals surface area contributed by atoms with E-state index in [1.807, 2.05) is 11.8 Å². The molecule has 1 fully saturated rings. The maximum Gasteiger partial charge on any atom is 0.307 e. The van der Waals surface area contributed by atoms with Gasteiger partial charge in [-0.25, -0.2) is 0 Å². The molecule has 110 valence electrons. The third kappa shape index (κ3) is 3.26. The summed E-state index contributed by atoms with van der Waals surface area (Å²) in [7, 11) is 0. The predicted octanol–water partition coefficient (Wildman–Crippen LogP) is 2.48. The van der Waals surface area contributed by atoms with Crippen LogP contribution in [0.4, 0.5) is 5.69 Å². The Hall–Kier alpha value is -1.66. The number of carbonyl (C=O) groups is 1. The first-order chi connectivity index (χ1) is 9.00. The van der Waals surface area contributed by atoms with Gasteiger partial charge in [-0.15, -0.1) is 12.4 Å². The smallest absolute Gasteiger partial charge is 0.307 e. The molecule has 1 aromatic carbocycles. The summed E-state index contributed by atoms with van der Waals surface area (Å²) in [6.45, 7) is 2.99. The lowest BCUT2D eigenvalue weighted by Crippen LogP contribution is -2.26. The van der Waals surface area contributed by atoms with E-state index < -0.39 is 10.9 Å². The maximum atomic E-state index is 11.0. The summed E-state index contributed by atoms with van der Waals surface area (Å²) < 4.78 is 0. The molecule has 0 saturated carbocycles. The highest BCUT2D eigenvalue weighted by molar-refractivity contribution is 5.85. The minimum Gasteiger partial charge on any atom is -0.481 e. The van der Waals surface area contributed by atoms with Crippen LogP contribution in [0.1, 0.15) is 24.9 Å². The van der Waals surface area contributed by atoms with Crippen molar-refractivity contribution >= 4 is 24.1 Å². The number of rotatable bonds is 4. The fourth-order valence-corrected chi connectivity index (χ4v) is 2.54. The molecular formula is C13H17ClN2O4. The summed E-state index contributed by atoms with van der Waals surface area (Å²) in [4.78, 5) is 23.5. The number of carboxylic acid groups (broad SMARTS) is 1. The van der Waals surface area contributed by atoms with Crippen molar-refractivity contribution in [3.05, 3.63) is 39.9 Å². The molecular weight excluding hydrogens is 284 g/mol. The van der Waals surface area contributed by atoms with Gasteiger partial charge < -0.3 is 5.11 Å². The highest BCUT2D eigenvalue weighted by Crippen LogP contribution is 2.32. The van der Waals surface area contributed by atoms with Crippen molar-refractivity contribution in [3.63, 3.8) is 0 Å². The third-order valence-corrected chi connectivity index (χ3v) is 3.70. The van der Waals surface area contributed by atoms with Gasteiger partial charge in [-0.2, -0.15) is 0 Å². The molecule has 6 nitrogen and oxygen atoms in total. The van der Waals surface area contributed by atoms with E-state index in [0.29, 0.717) is 25.1 Å². The Balaban J connectivity index is 0.00000200. The van der Waals surface area contributed by atoms with E-state index in [1.165, 1.54) is 6.07 Å². The quantitative estimate of drug-likeness (QED) is 0.682. The number of hydrogen-bond donors (Lipinski definition) is 1. The van der Waals surface area contributed by atoms with Crippen LogP contribution in [0.2, 0.25) is 0 Å². The third-order valence-electron chi connectivity index (χ3n) is 3.70. The molecule has 0 bridgehead atoms. The molecule has 0 aromatic heterocycles. The predicted molar refractivity (Wildman–Crippen MR) is 76.1 cm³/mol. The van der Waals surface area contributed by atoms with Crippen LogP contribution in [-0.2, 0) is 4.79 Å². The zero-order chi connectivity index (χ0) is 14.0. The summed E-state index contributed by atoms with van der Waals surface area (Å²) in [5.41, 5.74) is 0.729. The fraction of sp³-hybridized carbons (Fsp3) is 0.462. The van der Waals surface area contributed by atoms with Crippen molar-refractivity contribution in [1.82, 2.24) is 4.90 Å². The van der Waals surface area contributed by atoms with Crippen molar-refractivity contribution in [2.24, 2.45) is 5.92 Å². The van der Waals surface area contributed by atoms with Crippen LogP contribution in [0.15, 0.2) is 24.3 Å². The van der Waals surface area contributed by atoms with Crippen LogP contribution < -0.4 is 0 Å². The number of aliphatic carboxylic acids is 1. The second kappa shape index (κ2) is 6.67. The summed E-state index contributed by atoms with van der Waals surface area (Å²) in [5, 5.41) is 20.0. The van der Waals surface area contributed by atoms with Gasteiger partial charge in [0.05, 0.1) is 10.8 Å². The molecule has 0 spiro atoms. The number of para-hydroxylation sites is 1. The number of hydrogen-bond acceptors (Lipinski definition) is 4. The van der Waals surface area contributed by atoms with E-state index in [-0.39, 0.29) is 30.1 Å². The molecule has 2 atom stereocenters. The van der Waals surface area contributed by atoms with E-state index in [0.717, 1.165) is 0 Å². The Kier molecular flexibility index (Phi) is 5.47. The van der Waals surface area contributed by atoms with Gasteiger partial charge in [-0.1, -0.05) is 18.2 Å². The van der Waals surface area contributed by atoms with E-state index in [4.69, 9.17) is 5.11 Å². The number of nitro benzene ring substituents is 1. The fourth-order valence-electron chi connectivity index (χ4n) is 2.54. The highest BCUT2D eigenvalue weighted by atomic mass is 35.5. The van der Waals surface area contributed by atoms with Gasteiger partial charge >= 0.3 is 5.97 Å². The molecule has 0 radical (unpaired) electrons. The first-order valence-electron chi connectivity index (χ1n) is 6.21. The molecule has 0 amide bonds. The Morgan fingerprint density at radius 2 is 2.15 bits per heavy atom. The molecule has 2 rings (SSSR count). The van der Waals surface area contributed by atoms with Gasteiger partial charge in [0.25, 0.3) is 5.69 Å². The first kappa shape index (κ1) is 16.4. The molecule has 20 heavy (non-hydrogen) atoms. The van der Waals surface area contributed by atoms with Crippen LogP contribution in [0.5, 0.6) is 0 Å². The Bertz CT molecular complexity index is 509. The first-order valence-corrected chi connectivity index (χ1v) is 6.21. The molecule has 1 aromatic rings. The Labute approximate surface area is 123 Å². The van der Waals surface area contributed by atoms with Crippen LogP contribution in [0, 0.1) is 16.0 Å². The molecule has 1 saturated heterocycles. The van der Waals surface area contributed by atoms with Gasteiger partial charge in [0.15, 0.2) is 0 Å². The van der Waals surface area contributed by atoms with Crippen LogP contribution in [0.25, 0.3) is 0 Å². The van der Waals surface area contributed by atoms with Crippen molar-refractivity contribution in [3.8, 4) is 0 Å². The lowest BCUT2D eigenvalue weighted by Gasteiger charge is -2.24. The number of benzene rings is 1. The van der Waals surface area contributed by atoms with Gasteiger partial charge in [-0.3, -0.25) is 19.8 Å². The number of carboxylic acids is 1. The summed E-state index contributed by atoms with van der Waals surface area (Å²) in [6, 6.07) is 6.47. The highest BCUT2D eigenvalue weighted by Gasteiger charge is 2.32. The number of nitro groups is 1. The SMILES string of the molecule is CC(c1ccccc1[N+](=O)[O-])N1CCC(C(=O)O)C1.Cl. The van der Waals surface area contributed by atoms with Crippen LogP contribution in [0.3, 0.4) is 0 Å². The molecule has 0 aliphatic carbocycles. The number of halogens is 1. The largest absolute Gasteiger partial charge is 0.481 e. The topological polar surface area (TPSA) is 83.7 Å². The molecule has 2 unspecified atom stereocenters. The van der Waals surface area contributed by atoms with Gasteiger partial charge in [-0.05, 0) is 19.9 Å². The van der Waals surface area contributed by atoms with Crippen LogP contribution in [-0.4, -0.2) is 34.0 Å². The second-order valence-electron chi connectivity index (χ2n) is 4.81. The zero-order valence-corrected chi connectivity index (χ0v) is 11.9. The van der Waals surface area contributed by atoms with Crippen molar-refractivity contribution in [1.29, 1.82) is 0 Å². The lowest BCUT2D eigenvalue weighted by molar-refractivity contribution is -0.385. The maximum absolute atomic E-state index is 11.0. The Morgan fingerprint density at radius 3 is 2.70 bits per heavy atom. The van der Waals surface area contributed by atoms with Crippen molar-refractivity contribution in [2.45, 2.75) is 19.4 Å². The van der Waals surface area contributed by atoms with Gasteiger partial charge in [0.1, 0.15) is 0 Å². The van der Waals surface area contributed by atoms with E-state index >= 15 is 0 Å². The molecule has 1 N–H and O–H groups in total. The molecule has 1 aliphatic rings. The van der Waals surface area contributed by atoms with Crippen molar-refractivity contribution < 1.29 is 14.8 Å². The summed E-state index contributed by atoms with van der Waals surface area (Å²) in [5.74, 6) is -1.16. The van der Waals surface area contributed by atoms with E-state index in [2.05, 4.69) is 0 Å². The Morgan fingerprint density at radius 1 is 1.50 bits per heavy atom. The average molecular weight is 301 g/mol. The van der Waals surface area contributed by atoms with E-state index in [9.17, 15) is 14.9 Å². The minimum atomic E-state index is -0.794.